The van der Waals surface area contributed by atoms with E-state index in [1.54, 1.807) is 23.1 Å². The number of nitrogens with zero attached hydrogens (tertiary/aromatic N) is 1. The number of benzene rings is 1. The molecule has 1 amide bonds. The van der Waals surface area contributed by atoms with Crippen molar-refractivity contribution in [3.63, 3.8) is 0 Å². The minimum atomic E-state index is -2.91. The highest BCUT2D eigenvalue weighted by Crippen LogP contribution is 2.30. The van der Waals surface area contributed by atoms with E-state index in [-0.39, 0.29) is 23.4 Å². The average Bonchev–Trinajstić information content (AvgIpc) is 2.60. The van der Waals surface area contributed by atoms with E-state index in [1.807, 2.05) is 7.05 Å². The molecule has 0 atom stereocenters. The molecule has 6 heteroatoms. The lowest BCUT2D eigenvalue weighted by Crippen LogP contribution is -2.38. The van der Waals surface area contributed by atoms with Gasteiger partial charge in [-0.05, 0) is 55.4 Å². The highest BCUT2D eigenvalue weighted by atomic mass is 19.3. The van der Waals surface area contributed by atoms with Crippen LogP contribution in [0.25, 0.3) is 6.08 Å². The van der Waals surface area contributed by atoms with E-state index in [9.17, 15) is 13.6 Å². The van der Waals surface area contributed by atoms with Crippen LogP contribution < -0.4 is 9.47 Å². The van der Waals surface area contributed by atoms with E-state index in [0.717, 1.165) is 31.6 Å². The largest absolute Gasteiger partial charge is 0.493 e. The Hall–Kier alpha value is -2.11. The van der Waals surface area contributed by atoms with Gasteiger partial charge in [-0.1, -0.05) is 13.0 Å². The molecule has 0 bridgehead atoms. The predicted octanol–water partition coefficient (Wildman–Crippen LogP) is 4.35. The maximum Gasteiger partial charge on any atom is 0.387 e. The fourth-order valence-corrected chi connectivity index (χ4v) is 3.08. The minimum absolute atomic E-state index is 0.0329. The van der Waals surface area contributed by atoms with Gasteiger partial charge in [0.05, 0.1) is 7.11 Å². The summed E-state index contributed by atoms with van der Waals surface area (Å²) in [6.07, 6.45) is 7.51. The van der Waals surface area contributed by atoms with E-state index in [2.05, 4.69) is 11.7 Å². The lowest BCUT2D eigenvalue weighted by molar-refractivity contribution is -0.127. The van der Waals surface area contributed by atoms with E-state index in [1.165, 1.54) is 19.3 Å². The number of likely N-dealkylation sites (N-methyl/N-ethyl adjacent to an activating group) is 1. The first kappa shape index (κ1) is 19.2. The molecule has 0 radical (unpaired) electrons. The Morgan fingerprint density at radius 1 is 1.24 bits per heavy atom. The highest BCUT2D eigenvalue weighted by molar-refractivity contribution is 5.91. The first-order valence-corrected chi connectivity index (χ1v) is 8.48. The summed E-state index contributed by atoms with van der Waals surface area (Å²) in [5.74, 6) is 0.835. The van der Waals surface area contributed by atoms with Crippen molar-refractivity contribution in [3.8, 4) is 11.5 Å². The van der Waals surface area contributed by atoms with Crippen molar-refractivity contribution in [1.29, 1.82) is 0 Å². The summed E-state index contributed by atoms with van der Waals surface area (Å²) in [4.78, 5) is 14.1. The molecule has 4 nitrogen and oxygen atoms in total. The smallest absolute Gasteiger partial charge is 0.387 e. The van der Waals surface area contributed by atoms with Gasteiger partial charge in [-0.25, -0.2) is 0 Å². The van der Waals surface area contributed by atoms with Gasteiger partial charge < -0.3 is 14.4 Å². The number of alkyl halides is 2. The number of carbonyl (C=O) groups excluding carboxylic acids is 1. The first-order chi connectivity index (χ1) is 11.9. The van der Waals surface area contributed by atoms with Gasteiger partial charge in [0, 0.05) is 19.2 Å². The lowest BCUT2D eigenvalue weighted by Gasteiger charge is -2.33. The standard InChI is InChI=1S/C19H25F2NO3/c1-13-4-8-15(9-5-13)22(2)18(23)11-7-14-6-10-16(25-19(20)21)17(12-14)24-3/h6-7,10-13,15,19H,4-5,8-9H2,1-3H3/b11-7+. The van der Waals surface area contributed by atoms with Crippen molar-refractivity contribution in [3.05, 3.63) is 29.8 Å². The molecule has 0 aromatic heterocycles. The molecule has 0 N–H and O–H groups in total. The zero-order chi connectivity index (χ0) is 18.4. The lowest BCUT2D eigenvalue weighted by atomic mass is 9.87. The van der Waals surface area contributed by atoms with Crippen LogP contribution in [0.15, 0.2) is 24.3 Å². The summed E-state index contributed by atoms with van der Waals surface area (Å²) in [6, 6.07) is 4.85. The molecule has 1 saturated carbocycles. The Balaban J connectivity index is 2.01. The van der Waals surface area contributed by atoms with Gasteiger partial charge in [-0.3, -0.25) is 4.79 Å². The van der Waals surface area contributed by atoms with Crippen molar-refractivity contribution >= 4 is 12.0 Å². The van der Waals surface area contributed by atoms with E-state index in [4.69, 9.17) is 4.74 Å². The Morgan fingerprint density at radius 3 is 2.52 bits per heavy atom. The Bertz CT molecular complexity index is 611. The van der Waals surface area contributed by atoms with Crippen molar-refractivity contribution < 1.29 is 23.0 Å². The van der Waals surface area contributed by atoms with Crippen LogP contribution in [-0.2, 0) is 4.79 Å². The Kier molecular flexibility index (Phi) is 6.79. The SMILES string of the molecule is COc1cc(/C=C/C(=O)N(C)C2CCC(C)CC2)ccc1OC(F)F. The van der Waals surface area contributed by atoms with Crippen molar-refractivity contribution in [2.24, 2.45) is 5.92 Å². The molecule has 25 heavy (non-hydrogen) atoms. The number of hydrogen-bond donors (Lipinski definition) is 0. The number of amides is 1. The molecule has 0 heterocycles. The van der Waals surface area contributed by atoms with Crippen molar-refractivity contribution in [1.82, 2.24) is 4.90 Å². The zero-order valence-corrected chi connectivity index (χ0v) is 14.9. The van der Waals surface area contributed by atoms with Crippen LogP contribution >= 0.6 is 0 Å². The van der Waals surface area contributed by atoms with Gasteiger partial charge >= 0.3 is 6.61 Å². The van der Waals surface area contributed by atoms with Gasteiger partial charge in [0.2, 0.25) is 5.91 Å². The van der Waals surface area contributed by atoms with Gasteiger partial charge in [0.15, 0.2) is 11.5 Å². The molecule has 1 aliphatic carbocycles. The number of carbonyl (C=O) groups is 1. The molecule has 1 fully saturated rings. The summed E-state index contributed by atoms with van der Waals surface area (Å²) in [6.45, 7) is -0.670. The quantitative estimate of drug-likeness (QED) is 0.714. The minimum Gasteiger partial charge on any atom is -0.493 e. The normalized spacial score (nSPS) is 20.7. The second kappa shape index (κ2) is 8.83. The molecular formula is C19H25F2NO3. The molecule has 0 saturated heterocycles. The van der Waals surface area contributed by atoms with E-state index in [0.29, 0.717) is 5.56 Å². The maximum atomic E-state index is 12.3. The van der Waals surface area contributed by atoms with Gasteiger partial charge in [-0.2, -0.15) is 8.78 Å². The Labute approximate surface area is 147 Å². The topological polar surface area (TPSA) is 38.8 Å². The van der Waals surface area contributed by atoms with Gasteiger partial charge in [0.25, 0.3) is 0 Å². The fourth-order valence-electron chi connectivity index (χ4n) is 3.08. The molecule has 0 spiro atoms. The maximum absolute atomic E-state index is 12.3. The van der Waals surface area contributed by atoms with Gasteiger partial charge in [0.1, 0.15) is 0 Å². The fraction of sp³-hybridized carbons (Fsp3) is 0.526. The van der Waals surface area contributed by atoms with Gasteiger partial charge in [-0.15, -0.1) is 0 Å². The number of hydrogen-bond acceptors (Lipinski definition) is 3. The van der Waals surface area contributed by atoms with Crippen LogP contribution in [0.5, 0.6) is 11.5 Å². The predicted molar refractivity (Wildman–Crippen MR) is 92.9 cm³/mol. The first-order valence-electron chi connectivity index (χ1n) is 8.48. The zero-order valence-electron chi connectivity index (χ0n) is 14.9. The molecule has 138 valence electrons. The number of rotatable bonds is 6. The molecular weight excluding hydrogens is 328 g/mol. The van der Waals surface area contributed by atoms with Crippen LogP contribution in [0.4, 0.5) is 8.78 Å². The molecule has 1 aliphatic rings. The third-order valence-electron chi connectivity index (χ3n) is 4.70. The summed E-state index contributed by atoms with van der Waals surface area (Å²) in [7, 11) is 3.21. The van der Waals surface area contributed by atoms with Crippen LogP contribution in [0.3, 0.4) is 0 Å². The van der Waals surface area contributed by atoms with Crippen LogP contribution in [0, 0.1) is 5.92 Å². The molecule has 1 aromatic carbocycles. The summed E-state index contributed by atoms with van der Waals surface area (Å²) in [5.41, 5.74) is 0.678. The van der Waals surface area contributed by atoms with Crippen LogP contribution in [0.2, 0.25) is 0 Å². The highest BCUT2D eigenvalue weighted by Gasteiger charge is 2.23. The summed E-state index contributed by atoms with van der Waals surface area (Å²) in [5, 5.41) is 0. The summed E-state index contributed by atoms with van der Waals surface area (Å²) < 4.78 is 34.1. The molecule has 0 unspecified atom stereocenters. The average molecular weight is 353 g/mol. The van der Waals surface area contributed by atoms with E-state index < -0.39 is 6.61 Å². The van der Waals surface area contributed by atoms with E-state index >= 15 is 0 Å². The third kappa shape index (κ3) is 5.44. The number of methoxy groups -OCH3 is 1. The molecule has 0 aliphatic heterocycles. The number of halogens is 2. The van der Waals surface area contributed by atoms with Crippen LogP contribution in [0.1, 0.15) is 38.2 Å². The molecule has 2 rings (SSSR count). The Morgan fingerprint density at radius 2 is 1.92 bits per heavy atom. The molecule has 1 aromatic rings. The van der Waals surface area contributed by atoms with Crippen LogP contribution in [-0.4, -0.2) is 37.6 Å². The third-order valence-corrected chi connectivity index (χ3v) is 4.70. The van der Waals surface area contributed by atoms with Crippen molar-refractivity contribution in [2.45, 2.75) is 45.3 Å². The second-order valence-corrected chi connectivity index (χ2v) is 6.48. The monoisotopic (exact) mass is 353 g/mol. The number of ether oxygens (including phenoxy) is 2. The van der Waals surface area contributed by atoms with Crippen molar-refractivity contribution in [2.75, 3.05) is 14.2 Å². The second-order valence-electron chi connectivity index (χ2n) is 6.48. The summed E-state index contributed by atoms with van der Waals surface area (Å²) >= 11 is 0.